The van der Waals surface area contributed by atoms with Crippen LogP contribution in [0, 0.1) is 15.9 Å². The number of rotatable bonds is 5. The summed E-state index contributed by atoms with van der Waals surface area (Å²) in [5, 5.41) is 16.5. The summed E-state index contributed by atoms with van der Waals surface area (Å²) in [6.45, 7) is 5.14. The van der Waals surface area contributed by atoms with Crippen molar-refractivity contribution in [2.45, 2.75) is 26.4 Å². The van der Waals surface area contributed by atoms with Crippen LogP contribution < -0.4 is 10.6 Å². The minimum absolute atomic E-state index is 0.0319. The number of hydrogen-bond donors (Lipinski definition) is 2. The second kappa shape index (κ2) is 8.78. The van der Waals surface area contributed by atoms with Gasteiger partial charge in [0, 0.05) is 17.3 Å². The molecule has 1 aromatic heterocycles. The molecule has 0 aliphatic rings. The van der Waals surface area contributed by atoms with Crippen molar-refractivity contribution in [2.24, 2.45) is 0 Å². The minimum atomic E-state index is -0.727. The van der Waals surface area contributed by atoms with Gasteiger partial charge in [-0.15, -0.1) is 0 Å². The van der Waals surface area contributed by atoms with Crippen LogP contribution in [-0.4, -0.2) is 21.6 Å². The molecule has 0 aliphatic carbocycles. The number of ether oxygens (including phenoxy) is 1. The van der Waals surface area contributed by atoms with Crippen LogP contribution in [0.5, 0.6) is 0 Å². The number of anilines is 3. The summed E-state index contributed by atoms with van der Waals surface area (Å²) in [6, 6.07) is 15.8. The number of carbonyl (C=O) groups excluding carboxylic acids is 1. The Morgan fingerprint density at radius 3 is 2.42 bits per heavy atom. The fourth-order valence-corrected chi connectivity index (χ4v) is 2.70. The lowest BCUT2D eigenvalue weighted by Crippen LogP contribution is -2.27. The number of nitrogens with one attached hydrogen (secondary N) is 2. The van der Waals surface area contributed by atoms with Crippen LogP contribution in [0.4, 0.5) is 32.1 Å². The Morgan fingerprint density at radius 1 is 1.10 bits per heavy atom. The van der Waals surface area contributed by atoms with E-state index < -0.39 is 22.4 Å². The molecule has 2 N–H and O–H groups in total. The summed E-state index contributed by atoms with van der Waals surface area (Å²) >= 11 is 0. The molecule has 0 atom stereocenters. The van der Waals surface area contributed by atoms with Gasteiger partial charge in [0.25, 0.3) is 0 Å². The van der Waals surface area contributed by atoms with Crippen molar-refractivity contribution in [3.05, 3.63) is 76.6 Å². The number of hydrogen-bond acceptors (Lipinski definition) is 6. The second-order valence-electron chi connectivity index (χ2n) is 7.63. The van der Waals surface area contributed by atoms with E-state index in [1.54, 1.807) is 20.8 Å². The number of pyridine rings is 1. The van der Waals surface area contributed by atoms with Crippen LogP contribution in [0.1, 0.15) is 20.8 Å². The summed E-state index contributed by atoms with van der Waals surface area (Å²) in [5.41, 5.74) is 0.414. The smallest absolute Gasteiger partial charge is 0.412 e. The lowest BCUT2D eigenvalue weighted by atomic mass is 10.1. The van der Waals surface area contributed by atoms with Gasteiger partial charge in [-0.05, 0) is 45.0 Å². The lowest BCUT2D eigenvalue weighted by molar-refractivity contribution is -0.384. The van der Waals surface area contributed by atoms with Crippen LogP contribution in [0.25, 0.3) is 11.3 Å². The third kappa shape index (κ3) is 5.75. The van der Waals surface area contributed by atoms with Crippen molar-refractivity contribution < 1.29 is 18.8 Å². The number of benzene rings is 2. The number of nitro groups is 1. The van der Waals surface area contributed by atoms with Crippen molar-refractivity contribution in [3.8, 4) is 11.3 Å². The molecule has 160 valence electrons. The average molecular weight is 424 g/mol. The highest BCUT2D eigenvalue weighted by molar-refractivity contribution is 5.85. The van der Waals surface area contributed by atoms with Crippen LogP contribution in [-0.2, 0) is 4.74 Å². The van der Waals surface area contributed by atoms with E-state index >= 15 is 0 Å². The summed E-state index contributed by atoms with van der Waals surface area (Å²) in [5.74, 6) is -0.826. The summed E-state index contributed by atoms with van der Waals surface area (Å²) in [4.78, 5) is 27.0. The van der Waals surface area contributed by atoms with E-state index in [0.717, 1.165) is 11.6 Å². The fraction of sp³-hybridized carbons (Fsp3) is 0.182. The predicted molar refractivity (Wildman–Crippen MR) is 116 cm³/mol. The van der Waals surface area contributed by atoms with Gasteiger partial charge >= 0.3 is 11.8 Å². The van der Waals surface area contributed by atoms with E-state index in [4.69, 9.17) is 4.74 Å². The molecular formula is C22H21FN4O4. The topological polar surface area (TPSA) is 106 Å². The molecule has 0 saturated heterocycles. The van der Waals surface area contributed by atoms with Crippen molar-refractivity contribution in [1.82, 2.24) is 4.98 Å². The first-order valence-corrected chi connectivity index (χ1v) is 9.40. The van der Waals surface area contributed by atoms with Crippen molar-refractivity contribution >= 4 is 29.0 Å². The van der Waals surface area contributed by atoms with Crippen molar-refractivity contribution in [1.29, 1.82) is 0 Å². The number of aromatic nitrogens is 1. The number of amides is 1. The highest BCUT2D eigenvalue weighted by Crippen LogP contribution is 2.31. The minimum Gasteiger partial charge on any atom is -0.444 e. The molecule has 0 bridgehead atoms. The number of halogens is 1. The first-order valence-electron chi connectivity index (χ1n) is 9.40. The average Bonchev–Trinajstić information content (AvgIpc) is 2.69. The van der Waals surface area contributed by atoms with Gasteiger partial charge < -0.3 is 10.1 Å². The molecule has 8 nitrogen and oxygen atoms in total. The predicted octanol–water partition coefficient (Wildman–Crippen LogP) is 5.89. The Kier molecular flexibility index (Phi) is 6.15. The molecule has 0 saturated carbocycles. The van der Waals surface area contributed by atoms with Gasteiger partial charge in [0.05, 0.1) is 16.3 Å². The highest BCUT2D eigenvalue weighted by atomic mass is 19.1. The Bertz CT molecular complexity index is 1110. The zero-order valence-electron chi connectivity index (χ0n) is 17.2. The van der Waals surface area contributed by atoms with Crippen LogP contribution in [0.3, 0.4) is 0 Å². The lowest BCUT2D eigenvalue weighted by Gasteiger charge is -2.19. The molecule has 3 aromatic rings. The molecule has 0 fully saturated rings. The molecule has 0 aliphatic heterocycles. The molecule has 1 heterocycles. The van der Waals surface area contributed by atoms with Gasteiger partial charge in [0.2, 0.25) is 5.82 Å². The first kappa shape index (κ1) is 21.7. The Labute approximate surface area is 178 Å². The fourth-order valence-electron chi connectivity index (χ4n) is 2.70. The van der Waals surface area contributed by atoms with Crippen LogP contribution in [0.15, 0.2) is 60.7 Å². The highest BCUT2D eigenvalue weighted by Gasteiger charge is 2.19. The van der Waals surface area contributed by atoms with Gasteiger partial charge in [-0.1, -0.05) is 30.3 Å². The Hall–Kier alpha value is -4.01. The number of nitrogens with zero attached hydrogens (tertiary/aromatic N) is 2. The SMILES string of the molecule is CC(C)(C)OC(=O)Nc1ccc(Nc2nc(-c3ccccc3)ccc2[N+](=O)[O-])c(F)c1. The molecule has 0 unspecified atom stereocenters. The summed E-state index contributed by atoms with van der Waals surface area (Å²) in [6.07, 6.45) is -0.722. The van der Waals surface area contributed by atoms with Crippen molar-refractivity contribution in [2.75, 3.05) is 10.6 Å². The molecule has 1 amide bonds. The van der Waals surface area contributed by atoms with E-state index in [1.165, 1.54) is 24.3 Å². The standard InChI is InChI=1S/C22H21FN4O4/c1-22(2,3)31-21(28)24-15-9-10-18(16(23)13-15)26-20-19(27(29)30)12-11-17(25-20)14-7-5-4-6-8-14/h4-13H,1-3H3,(H,24,28)(H,25,26). The zero-order valence-corrected chi connectivity index (χ0v) is 17.2. The van der Waals surface area contributed by atoms with E-state index in [1.807, 2.05) is 30.3 Å². The normalized spacial score (nSPS) is 11.0. The van der Waals surface area contributed by atoms with Gasteiger partial charge in [-0.2, -0.15) is 0 Å². The third-order valence-electron chi connectivity index (χ3n) is 4.01. The molecular weight excluding hydrogens is 403 g/mol. The summed E-state index contributed by atoms with van der Waals surface area (Å²) < 4.78 is 19.8. The maximum absolute atomic E-state index is 14.6. The van der Waals surface area contributed by atoms with Gasteiger partial charge in [0.15, 0.2) is 0 Å². The molecule has 31 heavy (non-hydrogen) atoms. The molecule has 2 aromatic carbocycles. The maximum atomic E-state index is 14.6. The van der Waals surface area contributed by atoms with E-state index in [0.29, 0.717) is 5.69 Å². The quantitative estimate of drug-likeness (QED) is 0.391. The molecule has 0 radical (unpaired) electrons. The monoisotopic (exact) mass is 424 g/mol. The summed E-state index contributed by atoms with van der Waals surface area (Å²) in [7, 11) is 0. The third-order valence-corrected chi connectivity index (χ3v) is 4.01. The second-order valence-corrected chi connectivity index (χ2v) is 7.63. The number of carbonyl (C=O) groups is 1. The van der Waals surface area contributed by atoms with Crippen LogP contribution in [0.2, 0.25) is 0 Å². The van der Waals surface area contributed by atoms with E-state index in [-0.39, 0.29) is 22.9 Å². The molecule has 3 rings (SSSR count). The zero-order chi connectivity index (χ0) is 22.6. The van der Waals surface area contributed by atoms with E-state index in [2.05, 4.69) is 15.6 Å². The first-order chi connectivity index (χ1) is 14.6. The maximum Gasteiger partial charge on any atom is 0.412 e. The Morgan fingerprint density at radius 2 is 1.81 bits per heavy atom. The van der Waals surface area contributed by atoms with Crippen molar-refractivity contribution in [3.63, 3.8) is 0 Å². The Balaban J connectivity index is 1.86. The van der Waals surface area contributed by atoms with Gasteiger partial charge in [-0.25, -0.2) is 14.2 Å². The van der Waals surface area contributed by atoms with Gasteiger partial charge in [-0.3, -0.25) is 15.4 Å². The van der Waals surface area contributed by atoms with E-state index in [9.17, 15) is 19.3 Å². The van der Waals surface area contributed by atoms with Crippen LogP contribution >= 0.6 is 0 Å². The largest absolute Gasteiger partial charge is 0.444 e. The van der Waals surface area contributed by atoms with Gasteiger partial charge in [0.1, 0.15) is 11.4 Å². The molecule has 0 spiro atoms. The molecule has 9 heteroatoms.